The van der Waals surface area contributed by atoms with E-state index >= 15 is 0 Å². The molecule has 1 N–H and O–H groups in total. The van der Waals surface area contributed by atoms with Crippen molar-refractivity contribution in [1.29, 1.82) is 0 Å². The van der Waals surface area contributed by atoms with Gasteiger partial charge in [0.25, 0.3) is 5.56 Å². The van der Waals surface area contributed by atoms with Crippen molar-refractivity contribution >= 4 is 33.7 Å². The highest BCUT2D eigenvalue weighted by molar-refractivity contribution is 7.98. The van der Waals surface area contributed by atoms with Crippen LogP contribution in [0.2, 0.25) is 0 Å². The van der Waals surface area contributed by atoms with Crippen molar-refractivity contribution < 1.29 is 0 Å². The number of aromatic amines is 1. The van der Waals surface area contributed by atoms with Gasteiger partial charge >= 0.3 is 0 Å². The third-order valence-corrected chi connectivity index (χ3v) is 5.25. The second kappa shape index (κ2) is 6.37. The zero-order valence-corrected chi connectivity index (χ0v) is 14.9. The number of benzene rings is 2. The average Bonchev–Trinajstić information content (AvgIpc) is 2.98. The van der Waals surface area contributed by atoms with Crippen LogP contribution < -0.4 is 5.56 Å². The smallest absolute Gasteiger partial charge is 0.258 e. The van der Waals surface area contributed by atoms with Gasteiger partial charge in [-0.2, -0.15) is 0 Å². The van der Waals surface area contributed by atoms with Crippen LogP contribution in [-0.4, -0.2) is 19.5 Å². The monoisotopic (exact) mass is 350 g/mol. The topological polar surface area (TPSA) is 63.6 Å². The number of thioether (sulfide) groups is 1. The molecule has 0 fully saturated rings. The number of fused-ring (bicyclic) bond motifs is 2. The van der Waals surface area contributed by atoms with Gasteiger partial charge in [-0.05, 0) is 37.6 Å². The van der Waals surface area contributed by atoms with Crippen molar-refractivity contribution in [2.45, 2.75) is 31.3 Å². The molecule has 126 valence electrons. The molecule has 2 aromatic heterocycles. The first-order valence-electron chi connectivity index (χ1n) is 8.24. The number of hydrogen-bond donors (Lipinski definition) is 1. The zero-order valence-electron chi connectivity index (χ0n) is 14.1. The van der Waals surface area contributed by atoms with Crippen LogP contribution in [0, 0.1) is 6.92 Å². The van der Waals surface area contributed by atoms with Gasteiger partial charge in [0.1, 0.15) is 5.82 Å². The van der Waals surface area contributed by atoms with E-state index < -0.39 is 0 Å². The lowest BCUT2D eigenvalue weighted by molar-refractivity contribution is 0.702. The second-order valence-corrected chi connectivity index (χ2v) is 6.84. The van der Waals surface area contributed by atoms with Gasteiger partial charge in [0.15, 0.2) is 5.16 Å². The Morgan fingerprint density at radius 1 is 1.12 bits per heavy atom. The summed E-state index contributed by atoms with van der Waals surface area (Å²) in [5, 5.41) is 1.57. The van der Waals surface area contributed by atoms with Crippen LogP contribution in [0.1, 0.15) is 18.3 Å². The Hall–Kier alpha value is -2.60. The molecule has 0 radical (unpaired) electrons. The first kappa shape index (κ1) is 15.9. The molecular formula is C19H18N4OS. The summed E-state index contributed by atoms with van der Waals surface area (Å²) in [6.07, 6.45) is 0. The fourth-order valence-corrected chi connectivity index (χ4v) is 3.97. The minimum absolute atomic E-state index is 0.0895. The number of hydrogen-bond acceptors (Lipinski definition) is 4. The van der Waals surface area contributed by atoms with Gasteiger partial charge in [-0.15, -0.1) is 0 Å². The maximum absolute atomic E-state index is 12.3. The molecule has 0 bridgehead atoms. The van der Waals surface area contributed by atoms with Crippen LogP contribution in [0.25, 0.3) is 21.9 Å². The van der Waals surface area contributed by atoms with Crippen LogP contribution in [0.5, 0.6) is 0 Å². The Labute approximate surface area is 149 Å². The van der Waals surface area contributed by atoms with Crippen LogP contribution in [0.4, 0.5) is 0 Å². The van der Waals surface area contributed by atoms with Crippen molar-refractivity contribution in [3.63, 3.8) is 0 Å². The summed E-state index contributed by atoms with van der Waals surface area (Å²) in [7, 11) is 0. The van der Waals surface area contributed by atoms with Gasteiger partial charge in [0.05, 0.1) is 27.7 Å². The van der Waals surface area contributed by atoms with E-state index in [0.29, 0.717) is 17.0 Å². The Bertz CT molecular complexity index is 1130. The molecule has 2 aromatic carbocycles. The normalized spacial score (nSPS) is 11.4. The highest BCUT2D eigenvalue weighted by Crippen LogP contribution is 2.26. The molecule has 0 unspecified atom stereocenters. The number of imidazole rings is 1. The van der Waals surface area contributed by atoms with E-state index in [-0.39, 0.29) is 5.56 Å². The molecule has 0 aliphatic rings. The Morgan fingerprint density at radius 2 is 1.96 bits per heavy atom. The predicted octanol–water partition coefficient (Wildman–Crippen LogP) is 3.89. The van der Waals surface area contributed by atoms with Crippen molar-refractivity contribution in [2.75, 3.05) is 0 Å². The highest BCUT2D eigenvalue weighted by atomic mass is 32.2. The average molecular weight is 350 g/mol. The molecule has 0 aliphatic heterocycles. The summed E-state index contributed by atoms with van der Waals surface area (Å²) < 4.78 is 2.18. The van der Waals surface area contributed by atoms with E-state index in [1.807, 2.05) is 43.3 Å². The largest absolute Gasteiger partial charge is 0.319 e. The molecule has 25 heavy (non-hydrogen) atoms. The molecule has 2 heterocycles. The molecule has 0 saturated carbocycles. The summed E-state index contributed by atoms with van der Waals surface area (Å²) in [4.78, 5) is 24.5. The fourth-order valence-electron chi connectivity index (χ4n) is 3.02. The number of aromatic nitrogens is 4. The molecule has 0 amide bonds. The van der Waals surface area contributed by atoms with Crippen LogP contribution in [0.3, 0.4) is 0 Å². The van der Waals surface area contributed by atoms with E-state index in [9.17, 15) is 4.79 Å². The van der Waals surface area contributed by atoms with Crippen LogP contribution in [-0.2, 0) is 12.3 Å². The van der Waals surface area contributed by atoms with Crippen molar-refractivity contribution in [1.82, 2.24) is 19.5 Å². The Kier molecular flexibility index (Phi) is 4.05. The zero-order chi connectivity index (χ0) is 17.4. The minimum Gasteiger partial charge on any atom is -0.319 e. The molecule has 6 heteroatoms. The molecule has 0 saturated heterocycles. The maximum Gasteiger partial charge on any atom is 0.258 e. The van der Waals surface area contributed by atoms with Gasteiger partial charge < -0.3 is 9.55 Å². The first-order valence-corrected chi connectivity index (χ1v) is 9.22. The summed E-state index contributed by atoms with van der Waals surface area (Å²) in [5.41, 5.74) is 3.81. The molecular weight excluding hydrogens is 332 g/mol. The fraction of sp³-hybridized carbons (Fsp3) is 0.211. The first-order chi connectivity index (χ1) is 12.2. The van der Waals surface area contributed by atoms with E-state index in [1.165, 1.54) is 0 Å². The van der Waals surface area contributed by atoms with Crippen molar-refractivity contribution in [3.8, 4) is 0 Å². The SMILES string of the molecule is CCn1c(SCc2nc3c(C)cccc3c(=O)[nH]2)nc2ccccc21. The third kappa shape index (κ3) is 2.82. The lowest BCUT2D eigenvalue weighted by atomic mass is 10.1. The number of H-pyrrole nitrogens is 1. The summed E-state index contributed by atoms with van der Waals surface area (Å²) in [6, 6.07) is 13.8. The van der Waals surface area contributed by atoms with Crippen LogP contribution >= 0.6 is 11.8 Å². The number of para-hydroxylation sites is 3. The van der Waals surface area contributed by atoms with E-state index in [4.69, 9.17) is 4.98 Å². The quantitative estimate of drug-likeness (QED) is 0.567. The molecule has 0 atom stereocenters. The van der Waals surface area contributed by atoms with Gasteiger partial charge in [-0.3, -0.25) is 4.79 Å². The maximum atomic E-state index is 12.3. The lowest BCUT2D eigenvalue weighted by Gasteiger charge is -2.07. The number of nitrogens with zero attached hydrogens (tertiary/aromatic N) is 3. The summed E-state index contributed by atoms with van der Waals surface area (Å²) >= 11 is 1.59. The molecule has 0 aliphatic carbocycles. The summed E-state index contributed by atoms with van der Waals surface area (Å²) in [5.74, 6) is 1.24. The second-order valence-electron chi connectivity index (χ2n) is 5.90. The standard InChI is InChI=1S/C19H18N4OS/c1-3-23-15-10-5-4-9-14(15)20-19(23)25-11-16-21-17-12(2)7-6-8-13(17)18(24)22-16/h4-10H,3,11H2,1-2H3,(H,21,22,24). The van der Waals surface area contributed by atoms with Crippen LogP contribution in [0.15, 0.2) is 52.4 Å². The molecule has 0 spiro atoms. The number of nitrogens with one attached hydrogen (secondary N) is 1. The highest BCUT2D eigenvalue weighted by Gasteiger charge is 2.11. The van der Waals surface area contributed by atoms with Gasteiger partial charge in [-0.1, -0.05) is 36.0 Å². The van der Waals surface area contributed by atoms with E-state index in [1.54, 1.807) is 11.8 Å². The molecule has 4 aromatic rings. The summed E-state index contributed by atoms with van der Waals surface area (Å²) in [6.45, 7) is 4.93. The number of aryl methyl sites for hydroxylation is 2. The Morgan fingerprint density at radius 3 is 2.80 bits per heavy atom. The van der Waals surface area contributed by atoms with E-state index in [0.717, 1.165) is 33.8 Å². The third-order valence-electron chi connectivity index (χ3n) is 4.26. The number of rotatable bonds is 4. The Balaban J connectivity index is 1.69. The van der Waals surface area contributed by atoms with Crippen molar-refractivity contribution in [2.24, 2.45) is 0 Å². The van der Waals surface area contributed by atoms with Gasteiger partial charge in [-0.25, -0.2) is 9.97 Å². The van der Waals surface area contributed by atoms with Gasteiger partial charge in [0, 0.05) is 6.54 Å². The van der Waals surface area contributed by atoms with Gasteiger partial charge in [0.2, 0.25) is 0 Å². The van der Waals surface area contributed by atoms with E-state index in [2.05, 4.69) is 27.5 Å². The van der Waals surface area contributed by atoms with Crippen molar-refractivity contribution in [3.05, 3.63) is 64.2 Å². The molecule has 4 rings (SSSR count). The minimum atomic E-state index is -0.0895. The molecule has 5 nitrogen and oxygen atoms in total. The lowest BCUT2D eigenvalue weighted by Crippen LogP contribution is -2.12. The predicted molar refractivity (Wildman–Crippen MR) is 102 cm³/mol.